The van der Waals surface area contributed by atoms with Crippen LogP contribution in [0.4, 0.5) is 17.2 Å². The van der Waals surface area contributed by atoms with E-state index in [9.17, 15) is 4.79 Å². The molecule has 3 rings (SSSR count). The Labute approximate surface area is 172 Å². The van der Waals surface area contributed by atoms with E-state index in [2.05, 4.69) is 20.6 Å². The van der Waals surface area contributed by atoms with E-state index >= 15 is 0 Å². The van der Waals surface area contributed by atoms with Gasteiger partial charge in [0, 0.05) is 43.1 Å². The number of amides is 1. The van der Waals surface area contributed by atoms with Crippen molar-refractivity contribution >= 4 is 23.1 Å². The summed E-state index contributed by atoms with van der Waals surface area (Å²) in [5.74, 6) is 0.880. The van der Waals surface area contributed by atoms with Crippen LogP contribution < -0.4 is 15.5 Å². The summed E-state index contributed by atoms with van der Waals surface area (Å²) in [5, 5.41) is 6.27. The van der Waals surface area contributed by atoms with Crippen molar-refractivity contribution in [2.24, 2.45) is 0 Å². The molecule has 29 heavy (non-hydrogen) atoms. The summed E-state index contributed by atoms with van der Waals surface area (Å²) >= 11 is 0. The minimum Gasteiger partial charge on any atom is -0.378 e. The van der Waals surface area contributed by atoms with E-state index in [1.54, 1.807) is 6.07 Å². The molecule has 6 nitrogen and oxygen atoms in total. The van der Waals surface area contributed by atoms with E-state index in [4.69, 9.17) is 0 Å². The number of hydrogen-bond donors (Lipinski definition) is 2. The van der Waals surface area contributed by atoms with E-state index in [-0.39, 0.29) is 11.9 Å². The summed E-state index contributed by atoms with van der Waals surface area (Å²) in [6.45, 7) is 4.01. The lowest BCUT2D eigenvalue weighted by atomic mass is 10.2. The molecule has 0 spiro atoms. The van der Waals surface area contributed by atoms with Crippen molar-refractivity contribution in [3.63, 3.8) is 0 Å². The van der Waals surface area contributed by atoms with Crippen molar-refractivity contribution in [2.75, 3.05) is 24.3 Å². The van der Waals surface area contributed by atoms with Crippen LogP contribution in [0.2, 0.25) is 0 Å². The van der Waals surface area contributed by atoms with Crippen LogP contribution >= 0.6 is 0 Å². The Morgan fingerprint density at radius 1 is 1.03 bits per heavy atom. The van der Waals surface area contributed by atoms with Crippen LogP contribution in [0.15, 0.2) is 60.7 Å². The summed E-state index contributed by atoms with van der Waals surface area (Å²) in [6, 6.07) is 19.4. The zero-order chi connectivity index (χ0) is 20.8. The number of benzene rings is 2. The first-order valence-electron chi connectivity index (χ1n) is 9.76. The number of hydrogen-bond acceptors (Lipinski definition) is 5. The Morgan fingerprint density at radius 2 is 1.72 bits per heavy atom. The number of aromatic nitrogens is 2. The molecule has 3 aromatic rings. The Hall–Kier alpha value is -3.41. The second kappa shape index (κ2) is 9.19. The number of nitrogens with one attached hydrogen (secondary N) is 2. The third kappa shape index (κ3) is 5.31. The van der Waals surface area contributed by atoms with Crippen LogP contribution in [0.5, 0.6) is 0 Å². The Bertz CT molecular complexity index is 955. The second-order valence-electron chi connectivity index (χ2n) is 7.18. The molecular weight excluding hydrogens is 362 g/mol. The predicted octanol–water partition coefficient (Wildman–Crippen LogP) is 4.48. The van der Waals surface area contributed by atoms with Crippen molar-refractivity contribution in [3.05, 3.63) is 66.4 Å². The van der Waals surface area contributed by atoms with Gasteiger partial charge >= 0.3 is 0 Å². The van der Waals surface area contributed by atoms with E-state index < -0.39 is 0 Å². The third-order valence-electron chi connectivity index (χ3n) is 4.64. The number of rotatable bonds is 7. The Balaban J connectivity index is 1.94. The van der Waals surface area contributed by atoms with Gasteiger partial charge in [-0.15, -0.1) is 0 Å². The predicted molar refractivity (Wildman–Crippen MR) is 119 cm³/mol. The average molecular weight is 390 g/mol. The van der Waals surface area contributed by atoms with Crippen LogP contribution in [0.25, 0.3) is 11.4 Å². The van der Waals surface area contributed by atoms with E-state index in [1.165, 1.54) is 0 Å². The SMILES string of the molecule is CCC(C)NC(=O)c1cc(Nc2ccc(N(C)C)cc2)nc(-c2ccccc2)n1. The largest absolute Gasteiger partial charge is 0.378 e. The van der Waals surface area contributed by atoms with Crippen molar-refractivity contribution in [1.29, 1.82) is 0 Å². The van der Waals surface area contributed by atoms with Crippen LogP contribution in [0, 0.1) is 0 Å². The van der Waals surface area contributed by atoms with E-state index in [0.717, 1.165) is 23.4 Å². The fourth-order valence-corrected chi connectivity index (χ4v) is 2.73. The lowest BCUT2D eigenvalue weighted by Crippen LogP contribution is -2.32. The van der Waals surface area contributed by atoms with Gasteiger partial charge in [-0.05, 0) is 37.6 Å². The maximum atomic E-state index is 12.7. The summed E-state index contributed by atoms with van der Waals surface area (Å²) < 4.78 is 0. The van der Waals surface area contributed by atoms with Gasteiger partial charge < -0.3 is 15.5 Å². The molecule has 1 unspecified atom stereocenters. The topological polar surface area (TPSA) is 70.2 Å². The molecule has 0 aliphatic rings. The van der Waals surface area contributed by atoms with Crippen LogP contribution in [-0.4, -0.2) is 36.0 Å². The number of carbonyl (C=O) groups is 1. The Kier molecular flexibility index (Phi) is 6.44. The minimum absolute atomic E-state index is 0.0765. The fraction of sp³-hybridized carbons (Fsp3) is 0.261. The van der Waals surface area contributed by atoms with Crippen molar-refractivity contribution in [2.45, 2.75) is 26.3 Å². The third-order valence-corrected chi connectivity index (χ3v) is 4.64. The lowest BCUT2D eigenvalue weighted by Gasteiger charge is -2.15. The first-order valence-corrected chi connectivity index (χ1v) is 9.76. The summed E-state index contributed by atoms with van der Waals surface area (Å²) in [4.78, 5) is 23.9. The molecule has 1 atom stereocenters. The molecule has 1 aromatic heterocycles. The molecule has 2 aromatic carbocycles. The molecule has 0 saturated carbocycles. The van der Waals surface area contributed by atoms with Crippen LogP contribution in [-0.2, 0) is 0 Å². The smallest absolute Gasteiger partial charge is 0.270 e. The molecule has 0 radical (unpaired) electrons. The normalized spacial score (nSPS) is 11.6. The van der Waals surface area contributed by atoms with Crippen LogP contribution in [0.1, 0.15) is 30.8 Å². The number of anilines is 3. The quantitative estimate of drug-likeness (QED) is 0.623. The highest BCUT2D eigenvalue weighted by Gasteiger charge is 2.15. The molecular formula is C23H27N5O. The maximum Gasteiger partial charge on any atom is 0.270 e. The molecule has 0 fully saturated rings. The maximum absolute atomic E-state index is 12.7. The summed E-state index contributed by atoms with van der Waals surface area (Å²) in [5.41, 5.74) is 3.20. The summed E-state index contributed by atoms with van der Waals surface area (Å²) in [6.07, 6.45) is 0.853. The first-order chi connectivity index (χ1) is 14.0. The van der Waals surface area contributed by atoms with Gasteiger partial charge in [0.15, 0.2) is 5.82 Å². The standard InChI is InChI=1S/C23H27N5O/c1-5-16(2)24-23(29)20-15-21(25-18-11-13-19(14-12-18)28(3)4)27-22(26-20)17-9-7-6-8-10-17/h6-16H,5H2,1-4H3,(H,24,29)(H,25,26,27). The van der Waals surface area contributed by atoms with Crippen molar-refractivity contribution < 1.29 is 4.79 Å². The lowest BCUT2D eigenvalue weighted by molar-refractivity contribution is 0.0934. The van der Waals surface area contributed by atoms with Crippen molar-refractivity contribution in [3.8, 4) is 11.4 Å². The van der Waals surface area contributed by atoms with Gasteiger partial charge in [-0.2, -0.15) is 0 Å². The molecule has 1 heterocycles. The highest BCUT2D eigenvalue weighted by atomic mass is 16.1. The van der Waals surface area contributed by atoms with Gasteiger partial charge in [0.1, 0.15) is 11.5 Å². The van der Waals surface area contributed by atoms with Crippen LogP contribution in [0.3, 0.4) is 0 Å². The zero-order valence-corrected chi connectivity index (χ0v) is 17.3. The monoisotopic (exact) mass is 389 g/mol. The molecule has 1 amide bonds. The van der Waals surface area contributed by atoms with Gasteiger partial charge in [0.2, 0.25) is 0 Å². The molecule has 0 aliphatic heterocycles. The zero-order valence-electron chi connectivity index (χ0n) is 17.3. The van der Waals surface area contributed by atoms with Crippen molar-refractivity contribution in [1.82, 2.24) is 15.3 Å². The highest BCUT2D eigenvalue weighted by Crippen LogP contribution is 2.22. The van der Waals surface area contributed by atoms with Gasteiger partial charge in [0.05, 0.1) is 0 Å². The Morgan fingerprint density at radius 3 is 2.34 bits per heavy atom. The van der Waals surface area contributed by atoms with E-state index in [1.807, 2.05) is 87.4 Å². The highest BCUT2D eigenvalue weighted by molar-refractivity contribution is 5.93. The van der Waals surface area contributed by atoms with E-state index in [0.29, 0.717) is 17.3 Å². The molecule has 150 valence electrons. The summed E-state index contributed by atoms with van der Waals surface area (Å²) in [7, 11) is 4.00. The first kappa shape index (κ1) is 20.3. The second-order valence-corrected chi connectivity index (χ2v) is 7.18. The number of carbonyl (C=O) groups excluding carboxylic acids is 1. The van der Waals surface area contributed by atoms with Gasteiger partial charge in [-0.3, -0.25) is 4.79 Å². The molecule has 6 heteroatoms. The number of nitrogens with zero attached hydrogens (tertiary/aromatic N) is 3. The van der Waals surface area contributed by atoms with Gasteiger partial charge in [-0.1, -0.05) is 37.3 Å². The minimum atomic E-state index is -0.204. The van der Waals surface area contributed by atoms with Gasteiger partial charge in [-0.25, -0.2) is 9.97 Å². The molecule has 0 bridgehead atoms. The molecule has 0 aliphatic carbocycles. The molecule has 0 saturated heterocycles. The fourth-order valence-electron chi connectivity index (χ4n) is 2.73. The van der Waals surface area contributed by atoms with Gasteiger partial charge in [0.25, 0.3) is 5.91 Å². The molecule has 2 N–H and O–H groups in total. The average Bonchev–Trinajstić information content (AvgIpc) is 2.74.